The molecule has 0 unspecified atom stereocenters. The summed E-state index contributed by atoms with van der Waals surface area (Å²) in [7, 11) is 0. The lowest BCUT2D eigenvalue weighted by Gasteiger charge is -2.34. The number of anilines is 1. The minimum absolute atomic E-state index is 0.723. The molecule has 2 N–H and O–H groups in total. The van der Waals surface area contributed by atoms with Crippen molar-refractivity contribution in [2.75, 3.05) is 57.3 Å². The van der Waals surface area contributed by atoms with Crippen molar-refractivity contribution in [2.45, 2.75) is 19.3 Å². The van der Waals surface area contributed by atoms with Crippen molar-refractivity contribution in [3.8, 4) is 0 Å². The van der Waals surface area contributed by atoms with Crippen molar-refractivity contribution in [1.82, 2.24) is 19.8 Å². The molecule has 23 heavy (non-hydrogen) atoms. The van der Waals surface area contributed by atoms with Crippen LogP contribution in [0.15, 0.2) is 23.5 Å². The van der Waals surface area contributed by atoms with E-state index in [9.17, 15) is 0 Å². The molecule has 0 aromatic carbocycles. The van der Waals surface area contributed by atoms with Crippen LogP contribution in [0, 0.1) is 0 Å². The van der Waals surface area contributed by atoms with E-state index >= 15 is 0 Å². The number of hydrogen-bond acceptors (Lipinski definition) is 5. The van der Waals surface area contributed by atoms with E-state index in [2.05, 4.69) is 29.7 Å². The lowest BCUT2D eigenvalue weighted by Crippen LogP contribution is -2.48. The molecule has 2 aliphatic rings. The van der Waals surface area contributed by atoms with E-state index < -0.39 is 0 Å². The fraction of sp³-hybridized carbons (Fsp3) is 0.688. The highest BCUT2D eigenvalue weighted by molar-refractivity contribution is 5.78. The molecule has 0 atom stereocenters. The van der Waals surface area contributed by atoms with Gasteiger partial charge in [0.2, 0.25) is 5.95 Å². The van der Waals surface area contributed by atoms with Gasteiger partial charge in [-0.3, -0.25) is 9.89 Å². The minimum atomic E-state index is 0.723. The maximum absolute atomic E-state index is 6.09. The molecule has 0 bridgehead atoms. The Bertz CT molecular complexity index is 490. The molecule has 0 aliphatic carbocycles. The van der Waals surface area contributed by atoms with Gasteiger partial charge in [-0.15, -0.1) is 0 Å². The van der Waals surface area contributed by atoms with E-state index in [1.165, 1.54) is 19.3 Å². The predicted octanol–water partition coefficient (Wildman–Crippen LogP) is 0.399. The molecule has 2 aliphatic heterocycles. The number of likely N-dealkylation sites (tertiary alicyclic amines) is 1. The second-order valence-electron chi connectivity index (χ2n) is 6.17. The van der Waals surface area contributed by atoms with E-state index in [1.54, 1.807) is 12.4 Å². The zero-order chi connectivity index (χ0) is 15.9. The van der Waals surface area contributed by atoms with Crippen LogP contribution in [0.3, 0.4) is 0 Å². The van der Waals surface area contributed by atoms with Crippen molar-refractivity contribution < 1.29 is 0 Å². The number of guanidine groups is 1. The van der Waals surface area contributed by atoms with Crippen molar-refractivity contribution in [3.63, 3.8) is 0 Å². The molecule has 3 heterocycles. The third kappa shape index (κ3) is 4.54. The largest absolute Gasteiger partial charge is 0.370 e. The second kappa shape index (κ2) is 8.10. The van der Waals surface area contributed by atoms with Gasteiger partial charge in [0.1, 0.15) is 0 Å². The summed E-state index contributed by atoms with van der Waals surface area (Å²) in [6.07, 6.45) is 7.39. The van der Waals surface area contributed by atoms with Gasteiger partial charge in [0.15, 0.2) is 5.96 Å². The molecule has 3 rings (SSSR count). The molecule has 0 spiro atoms. The van der Waals surface area contributed by atoms with Gasteiger partial charge in [-0.05, 0) is 25.3 Å². The Morgan fingerprint density at radius 1 is 1.00 bits per heavy atom. The summed E-state index contributed by atoms with van der Waals surface area (Å²) in [5.41, 5.74) is 6.09. The Morgan fingerprint density at radius 2 is 1.70 bits per heavy atom. The highest BCUT2D eigenvalue weighted by Gasteiger charge is 2.18. The van der Waals surface area contributed by atoms with Crippen LogP contribution in [-0.4, -0.2) is 78.1 Å². The maximum Gasteiger partial charge on any atom is 0.225 e. The molecule has 1 aromatic heterocycles. The number of piperidine rings is 1. The standard InChI is InChI=1S/C16H27N7/c17-15(22-8-2-1-3-9-22)18-7-10-21-11-13-23(14-12-21)16-19-5-4-6-20-16/h4-6H,1-3,7-14H2,(H2,17,18). The summed E-state index contributed by atoms with van der Waals surface area (Å²) in [4.78, 5) is 20.1. The van der Waals surface area contributed by atoms with Gasteiger partial charge in [-0.25, -0.2) is 9.97 Å². The molecule has 2 saturated heterocycles. The van der Waals surface area contributed by atoms with Crippen LogP contribution < -0.4 is 10.6 Å². The van der Waals surface area contributed by atoms with Crippen molar-refractivity contribution in [2.24, 2.45) is 10.7 Å². The van der Waals surface area contributed by atoms with Gasteiger partial charge >= 0.3 is 0 Å². The van der Waals surface area contributed by atoms with E-state index in [1.807, 2.05) is 6.07 Å². The average molecular weight is 317 g/mol. The number of aliphatic imine (C=N–C) groups is 1. The Kier molecular flexibility index (Phi) is 5.63. The van der Waals surface area contributed by atoms with Crippen LogP contribution in [0.25, 0.3) is 0 Å². The van der Waals surface area contributed by atoms with Gasteiger partial charge in [-0.1, -0.05) is 0 Å². The summed E-state index contributed by atoms with van der Waals surface area (Å²) in [5, 5.41) is 0. The zero-order valence-corrected chi connectivity index (χ0v) is 13.8. The van der Waals surface area contributed by atoms with E-state index in [-0.39, 0.29) is 0 Å². The molecule has 0 saturated carbocycles. The number of nitrogens with two attached hydrogens (primary N) is 1. The first-order chi connectivity index (χ1) is 11.3. The van der Waals surface area contributed by atoms with Gasteiger partial charge in [0.05, 0.1) is 6.54 Å². The van der Waals surface area contributed by atoms with E-state index in [0.29, 0.717) is 0 Å². The van der Waals surface area contributed by atoms with Crippen LogP contribution in [0.4, 0.5) is 5.95 Å². The highest BCUT2D eigenvalue weighted by Crippen LogP contribution is 2.10. The summed E-state index contributed by atoms with van der Waals surface area (Å²) < 4.78 is 0. The number of hydrogen-bond donors (Lipinski definition) is 1. The molecule has 1 aromatic rings. The fourth-order valence-corrected chi connectivity index (χ4v) is 3.15. The lowest BCUT2D eigenvalue weighted by atomic mass is 10.1. The number of nitrogens with zero attached hydrogens (tertiary/aromatic N) is 6. The van der Waals surface area contributed by atoms with Crippen LogP contribution in [0.2, 0.25) is 0 Å². The Morgan fingerprint density at radius 3 is 2.39 bits per heavy atom. The minimum Gasteiger partial charge on any atom is -0.370 e. The molecule has 0 amide bonds. The summed E-state index contributed by atoms with van der Waals surface area (Å²) in [5.74, 6) is 1.56. The van der Waals surface area contributed by atoms with Crippen molar-refractivity contribution in [3.05, 3.63) is 18.5 Å². The molecule has 0 radical (unpaired) electrons. The van der Waals surface area contributed by atoms with Crippen LogP contribution in [0.5, 0.6) is 0 Å². The topological polar surface area (TPSA) is 73.9 Å². The number of piperazine rings is 1. The Labute approximate surface area is 138 Å². The van der Waals surface area contributed by atoms with Crippen LogP contribution in [0.1, 0.15) is 19.3 Å². The molecular formula is C16H27N7. The summed E-state index contributed by atoms with van der Waals surface area (Å²) in [6.45, 7) is 7.86. The van der Waals surface area contributed by atoms with Gasteiger partial charge in [-0.2, -0.15) is 0 Å². The Balaban J connectivity index is 1.39. The third-order valence-corrected chi connectivity index (χ3v) is 4.58. The second-order valence-corrected chi connectivity index (χ2v) is 6.17. The quantitative estimate of drug-likeness (QED) is 0.640. The molecule has 7 nitrogen and oxygen atoms in total. The predicted molar refractivity (Wildman–Crippen MR) is 92.6 cm³/mol. The first-order valence-electron chi connectivity index (χ1n) is 8.62. The summed E-state index contributed by atoms with van der Waals surface area (Å²) in [6, 6.07) is 1.85. The molecule has 126 valence electrons. The molecular weight excluding hydrogens is 290 g/mol. The SMILES string of the molecule is NC(=NCCN1CCN(c2ncccn2)CC1)N1CCCCC1. The van der Waals surface area contributed by atoms with Gasteiger partial charge < -0.3 is 15.5 Å². The Hall–Kier alpha value is -1.89. The van der Waals surface area contributed by atoms with Crippen LogP contribution >= 0.6 is 0 Å². The summed E-state index contributed by atoms with van der Waals surface area (Å²) >= 11 is 0. The molecule has 7 heteroatoms. The van der Waals surface area contributed by atoms with Gasteiger partial charge in [0.25, 0.3) is 0 Å². The normalized spacial score (nSPS) is 20.8. The lowest BCUT2D eigenvalue weighted by molar-refractivity contribution is 0.263. The number of aromatic nitrogens is 2. The highest BCUT2D eigenvalue weighted by atomic mass is 15.3. The zero-order valence-electron chi connectivity index (χ0n) is 13.8. The average Bonchev–Trinajstić information content (AvgIpc) is 2.64. The maximum atomic E-state index is 6.09. The van der Waals surface area contributed by atoms with E-state index in [0.717, 1.165) is 64.3 Å². The van der Waals surface area contributed by atoms with Crippen molar-refractivity contribution >= 4 is 11.9 Å². The van der Waals surface area contributed by atoms with Crippen molar-refractivity contribution in [1.29, 1.82) is 0 Å². The smallest absolute Gasteiger partial charge is 0.225 e. The van der Waals surface area contributed by atoms with Crippen LogP contribution in [-0.2, 0) is 0 Å². The monoisotopic (exact) mass is 317 g/mol. The molecule has 2 fully saturated rings. The number of rotatable bonds is 4. The van der Waals surface area contributed by atoms with Gasteiger partial charge in [0, 0.05) is 58.2 Å². The first kappa shape index (κ1) is 16.0. The fourth-order valence-electron chi connectivity index (χ4n) is 3.15. The third-order valence-electron chi connectivity index (χ3n) is 4.58. The first-order valence-corrected chi connectivity index (χ1v) is 8.62. The van der Waals surface area contributed by atoms with E-state index in [4.69, 9.17) is 5.73 Å².